The highest BCUT2D eigenvalue weighted by Crippen LogP contribution is 2.27. The number of hydrogen-bond donors (Lipinski definition) is 0. The normalized spacial score (nSPS) is 17.9. The van der Waals surface area contributed by atoms with Crippen molar-refractivity contribution in [1.29, 1.82) is 0 Å². The van der Waals surface area contributed by atoms with Crippen molar-refractivity contribution in [3.8, 4) is 11.6 Å². The molecule has 1 fully saturated rings. The topological polar surface area (TPSA) is 84.9 Å². The zero-order valence-electron chi connectivity index (χ0n) is 15.6. The van der Waals surface area contributed by atoms with Crippen molar-refractivity contribution in [2.75, 3.05) is 32.1 Å². The number of benzene rings is 1. The van der Waals surface area contributed by atoms with E-state index >= 15 is 0 Å². The van der Waals surface area contributed by atoms with Gasteiger partial charge in [-0.3, -0.25) is 0 Å². The molecule has 2 heterocycles. The van der Waals surface area contributed by atoms with Gasteiger partial charge in [-0.2, -0.15) is 4.31 Å². The molecule has 1 aromatic heterocycles. The number of rotatable bonds is 6. The van der Waals surface area contributed by atoms with Crippen molar-refractivity contribution in [2.45, 2.75) is 23.8 Å². The summed E-state index contributed by atoms with van der Waals surface area (Å²) in [5.41, 5.74) is 0. The van der Waals surface area contributed by atoms with Gasteiger partial charge in [0, 0.05) is 26.7 Å². The van der Waals surface area contributed by atoms with E-state index in [0.29, 0.717) is 12.2 Å². The van der Waals surface area contributed by atoms with E-state index in [0.717, 1.165) is 24.3 Å². The van der Waals surface area contributed by atoms with Crippen molar-refractivity contribution in [3.05, 3.63) is 36.4 Å². The Morgan fingerprint density at radius 2 is 1.79 bits per heavy atom. The number of halogens is 3. The fourth-order valence-corrected chi connectivity index (χ4v) is 4.25. The first kappa shape index (κ1) is 21.1. The van der Waals surface area contributed by atoms with Crippen molar-refractivity contribution < 1.29 is 31.1 Å². The molecule has 0 amide bonds. The quantitative estimate of drug-likeness (QED) is 0.692. The Hall–Kier alpha value is -2.60. The van der Waals surface area contributed by atoms with Gasteiger partial charge in [-0.05, 0) is 36.8 Å². The Bertz CT molecular complexity index is 935. The summed E-state index contributed by atoms with van der Waals surface area (Å²) in [7, 11) is -0.218. The molecule has 1 aromatic carbocycles. The van der Waals surface area contributed by atoms with E-state index in [-0.39, 0.29) is 23.9 Å². The smallest absolute Gasteiger partial charge is 0.472 e. The molecule has 1 atom stereocenters. The molecule has 12 heteroatoms. The van der Waals surface area contributed by atoms with Crippen molar-refractivity contribution >= 4 is 15.8 Å². The van der Waals surface area contributed by atoms with Gasteiger partial charge in [0.1, 0.15) is 11.9 Å². The van der Waals surface area contributed by atoms with Crippen LogP contribution in [0.1, 0.15) is 6.42 Å². The maximum Gasteiger partial charge on any atom is 0.573 e. The van der Waals surface area contributed by atoms with Crippen LogP contribution >= 0.6 is 0 Å². The zero-order valence-corrected chi connectivity index (χ0v) is 16.4. The van der Waals surface area contributed by atoms with Gasteiger partial charge < -0.3 is 14.4 Å². The van der Waals surface area contributed by atoms with E-state index < -0.39 is 28.2 Å². The molecule has 0 N–H and O–H groups in total. The summed E-state index contributed by atoms with van der Waals surface area (Å²) in [6.45, 7) is 0.317. The van der Waals surface area contributed by atoms with Gasteiger partial charge in [-0.1, -0.05) is 0 Å². The molecule has 0 spiro atoms. The molecule has 29 heavy (non-hydrogen) atoms. The number of sulfonamides is 1. The van der Waals surface area contributed by atoms with Gasteiger partial charge in [0.15, 0.2) is 5.82 Å². The lowest BCUT2D eigenvalue weighted by Gasteiger charge is -2.17. The van der Waals surface area contributed by atoms with Crippen LogP contribution in [0.3, 0.4) is 0 Å². The molecule has 1 saturated heterocycles. The van der Waals surface area contributed by atoms with Crippen LogP contribution in [0, 0.1) is 0 Å². The number of anilines is 1. The Labute approximate surface area is 165 Å². The van der Waals surface area contributed by atoms with Crippen molar-refractivity contribution in [2.24, 2.45) is 0 Å². The van der Waals surface area contributed by atoms with Gasteiger partial charge in [0.25, 0.3) is 0 Å². The van der Waals surface area contributed by atoms with Crippen LogP contribution in [-0.4, -0.2) is 62.6 Å². The number of nitrogens with zero attached hydrogens (tertiary/aromatic N) is 4. The van der Waals surface area contributed by atoms with Crippen LogP contribution in [-0.2, 0) is 10.0 Å². The van der Waals surface area contributed by atoms with E-state index in [4.69, 9.17) is 4.74 Å². The molecule has 0 aliphatic carbocycles. The molecular weight excluding hydrogens is 413 g/mol. The summed E-state index contributed by atoms with van der Waals surface area (Å²) in [4.78, 5) is 1.66. The first-order valence-corrected chi connectivity index (χ1v) is 10.0. The van der Waals surface area contributed by atoms with Gasteiger partial charge in [0.05, 0.1) is 11.4 Å². The first-order chi connectivity index (χ1) is 13.5. The van der Waals surface area contributed by atoms with E-state index in [2.05, 4.69) is 14.9 Å². The minimum Gasteiger partial charge on any atom is -0.472 e. The monoisotopic (exact) mass is 432 g/mol. The van der Waals surface area contributed by atoms with Gasteiger partial charge in [0.2, 0.25) is 15.9 Å². The molecule has 1 unspecified atom stereocenters. The highest BCUT2D eigenvalue weighted by molar-refractivity contribution is 7.89. The Balaban J connectivity index is 1.63. The molecular formula is C17H19F3N4O4S. The second kappa shape index (κ2) is 8.03. The molecule has 158 valence electrons. The van der Waals surface area contributed by atoms with Crippen LogP contribution in [0.5, 0.6) is 11.6 Å². The lowest BCUT2D eigenvalue weighted by Crippen LogP contribution is -2.31. The molecule has 0 bridgehead atoms. The number of alkyl halides is 3. The maximum absolute atomic E-state index is 12.7. The first-order valence-electron chi connectivity index (χ1n) is 8.58. The van der Waals surface area contributed by atoms with Crippen LogP contribution in [0.2, 0.25) is 0 Å². The molecule has 1 aliphatic heterocycles. The maximum atomic E-state index is 12.7. The molecule has 3 rings (SSSR count). The van der Waals surface area contributed by atoms with E-state index in [1.165, 1.54) is 4.31 Å². The fourth-order valence-electron chi connectivity index (χ4n) is 2.76. The molecule has 8 nitrogen and oxygen atoms in total. The minimum atomic E-state index is -4.84. The lowest BCUT2D eigenvalue weighted by atomic mass is 10.3. The lowest BCUT2D eigenvalue weighted by molar-refractivity contribution is -0.274. The Morgan fingerprint density at radius 3 is 2.34 bits per heavy atom. The second-order valence-electron chi connectivity index (χ2n) is 6.53. The summed E-state index contributed by atoms with van der Waals surface area (Å²) in [6.07, 6.45) is -4.80. The van der Waals surface area contributed by atoms with Crippen molar-refractivity contribution in [1.82, 2.24) is 14.5 Å². The standard InChI is InChI=1S/C17H19F3N4O4S/c1-23(2)15-7-8-16(22-21-15)27-13-9-10-24(11-13)29(25,26)14-5-3-12(4-6-14)28-17(18,19)20/h3-8,13H,9-11H2,1-2H3. The Morgan fingerprint density at radius 1 is 1.10 bits per heavy atom. The van der Waals surface area contributed by atoms with Crippen molar-refractivity contribution in [3.63, 3.8) is 0 Å². The van der Waals surface area contributed by atoms with E-state index in [1.54, 1.807) is 17.0 Å². The number of aromatic nitrogens is 2. The number of hydrogen-bond acceptors (Lipinski definition) is 7. The van der Waals surface area contributed by atoms with Gasteiger partial charge in [-0.15, -0.1) is 23.4 Å². The molecule has 0 radical (unpaired) electrons. The molecule has 1 aliphatic rings. The molecule has 0 saturated carbocycles. The highest BCUT2D eigenvalue weighted by atomic mass is 32.2. The summed E-state index contributed by atoms with van der Waals surface area (Å²) in [6, 6.07) is 7.47. The number of ether oxygens (including phenoxy) is 2. The highest BCUT2D eigenvalue weighted by Gasteiger charge is 2.35. The predicted molar refractivity (Wildman–Crippen MR) is 97.3 cm³/mol. The predicted octanol–water partition coefficient (Wildman–Crippen LogP) is 2.28. The second-order valence-corrected chi connectivity index (χ2v) is 8.47. The third kappa shape index (κ3) is 5.26. The van der Waals surface area contributed by atoms with E-state index in [1.807, 2.05) is 14.1 Å². The van der Waals surface area contributed by atoms with Gasteiger partial charge >= 0.3 is 6.36 Å². The zero-order chi connectivity index (χ0) is 21.2. The average molecular weight is 432 g/mol. The van der Waals surface area contributed by atoms with E-state index in [9.17, 15) is 21.6 Å². The summed E-state index contributed by atoms with van der Waals surface area (Å²) >= 11 is 0. The summed E-state index contributed by atoms with van der Waals surface area (Å²) in [5, 5.41) is 7.96. The third-order valence-electron chi connectivity index (χ3n) is 4.17. The summed E-state index contributed by atoms with van der Waals surface area (Å²) < 4.78 is 72.8. The third-order valence-corrected chi connectivity index (χ3v) is 6.05. The van der Waals surface area contributed by atoms with Crippen LogP contribution in [0.4, 0.5) is 19.0 Å². The largest absolute Gasteiger partial charge is 0.573 e. The van der Waals surface area contributed by atoms with Crippen LogP contribution in [0.25, 0.3) is 0 Å². The van der Waals surface area contributed by atoms with Crippen LogP contribution in [0.15, 0.2) is 41.3 Å². The SMILES string of the molecule is CN(C)c1ccc(OC2CCN(S(=O)(=O)c3ccc(OC(F)(F)F)cc3)C2)nn1. The summed E-state index contributed by atoms with van der Waals surface area (Å²) in [5.74, 6) is 0.457. The minimum absolute atomic E-state index is 0.0975. The van der Waals surface area contributed by atoms with Gasteiger partial charge in [-0.25, -0.2) is 8.42 Å². The fraction of sp³-hybridized carbons (Fsp3) is 0.412. The van der Waals surface area contributed by atoms with Crippen LogP contribution < -0.4 is 14.4 Å². The Kier molecular flexibility index (Phi) is 5.85. The average Bonchev–Trinajstić information content (AvgIpc) is 3.10. The molecule has 2 aromatic rings.